The van der Waals surface area contributed by atoms with Crippen molar-refractivity contribution in [3.8, 4) is 0 Å². The molecule has 0 aliphatic rings. The Hall–Kier alpha value is -1.59. The molecule has 0 fully saturated rings. The van der Waals surface area contributed by atoms with Crippen molar-refractivity contribution in [2.45, 2.75) is 0 Å². The van der Waals surface area contributed by atoms with Crippen molar-refractivity contribution in [1.82, 2.24) is 4.90 Å². The molecule has 1 aromatic carbocycles. The molecule has 15 heavy (non-hydrogen) atoms. The Morgan fingerprint density at radius 2 is 1.47 bits per heavy atom. The molecule has 0 radical (unpaired) electrons. The minimum absolute atomic E-state index is 0.108. The van der Waals surface area contributed by atoms with E-state index >= 15 is 0 Å². The molecule has 1 N–H and O–H groups in total. The molecular weight excluding hydrogens is 212 g/mol. The smallest absolute Gasteiger partial charge is 0.172 e. The zero-order valence-electron chi connectivity index (χ0n) is 8.04. The van der Waals surface area contributed by atoms with Gasteiger partial charge in [-0.1, -0.05) is 0 Å². The molecule has 0 bridgehead atoms. The topological polar surface area (TPSA) is 27.1 Å². The number of benzene rings is 1. The van der Waals surface area contributed by atoms with Crippen LogP contribution in [0.1, 0.15) is 5.56 Å². The Labute approximate surface area is 83.6 Å². The fourth-order valence-corrected chi connectivity index (χ4v) is 1.00. The van der Waals surface area contributed by atoms with Gasteiger partial charge in [-0.15, -0.1) is 0 Å². The molecule has 0 saturated carbocycles. The van der Waals surface area contributed by atoms with Crippen LogP contribution in [0.15, 0.2) is 6.07 Å². The fraction of sp³-hybridized carbons (Fsp3) is 0.222. The highest BCUT2D eigenvalue weighted by Gasteiger charge is 2.23. The molecule has 0 unspecified atom stereocenters. The van der Waals surface area contributed by atoms with Gasteiger partial charge in [0, 0.05) is 20.2 Å². The normalized spacial score (nSPS) is 10.3. The average Bonchev–Trinajstić information content (AvgIpc) is 2.15. The van der Waals surface area contributed by atoms with Crippen molar-refractivity contribution in [1.29, 1.82) is 5.41 Å². The molecule has 0 heterocycles. The van der Waals surface area contributed by atoms with Crippen LogP contribution in [0.2, 0.25) is 0 Å². The van der Waals surface area contributed by atoms with Crippen LogP contribution in [0.3, 0.4) is 0 Å². The first-order valence-corrected chi connectivity index (χ1v) is 3.95. The third kappa shape index (κ3) is 1.93. The molecule has 1 aromatic rings. The molecule has 1 rings (SSSR count). The second kappa shape index (κ2) is 3.88. The van der Waals surface area contributed by atoms with Gasteiger partial charge in [-0.3, -0.25) is 5.41 Å². The van der Waals surface area contributed by atoms with Crippen LogP contribution in [0, 0.1) is 28.7 Å². The maximum absolute atomic E-state index is 13.1. The van der Waals surface area contributed by atoms with E-state index in [1.165, 1.54) is 14.1 Å². The molecule has 0 spiro atoms. The summed E-state index contributed by atoms with van der Waals surface area (Å²) in [5.74, 6) is -6.80. The van der Waals surface area contributed by atoms with Gasteiger partial charge in [-0.2, -0.15) is 0 Å². The summed E-state index contributed by atoms with van der Waals surface area (Å²) in [7, 11) is 2.67. The molecule has 82 valence electrons. The molecule has 6 heteroatoms. The average molecular weight is 220 g/mol. The van der Waals surface area contributed by atoms with Gasteiger partial charge in [0.25, 0.3) is 0 Å². The zero-order valence-corrected chi connectivity index (χ0v) is 8.04. The summed E-state index contributed by atoms with van der Waals surface area (Å²) in [6.45, 7) is 0. The van der Waals surface area contributed by atoms with Crippen LogP contribution in [-0.2, 0) is 0 Å². The van der Waals surface area contributed by atoms with Crippen molar-refractivity contribution in [2.24, 2.45) is 0 Å². The van der Waals surface area contributed by atoms with Gasteiger partial charge in [0.2, 0.25) is 0 Å². The zero-order chi connectivity index (χ0) is 11.7. The van der Waals surface area contributed by atoms with Crippen molar-refractivity contribution >= 4 is 5.84 Å². The van der Waals surface area contributed by atoms with Gasteiger partial charge >= 0.3 is 0 Å². The van der Waals surface area contributed by atoms with Gasteiger partial charge in [0.1, 0.15) is 5.84 Å². The summed E-state index contributed by atoms with van der Waals surface area (Å²) >= 11 is 0. The van der Waals surface area contributed by atoms with Gasteiger partial charge in [0.15, 0.2) is 23.3 Å². The molecule has 0 aliphatic carbocycles. The molecule has 0 atom stereocenters. The predicted molar refractivity (Wildman–Crippen MR) is 46.8 cm³/mol. The van der Waals surface area contributed by atoms with E-state index in [0.717, 1.165) is 4.90 Å². The predicted octanol–water partition coefficient (Wildman–Crippen LogP) is 2.13. The maximum atomic E-state index is 13.1. The Morgan fingerprint density at radius 3 is 1.80 bits per heavy atom. The number of halogens is 4. The van der Waals surface area contributed by atoms with E-state index in [0.29, 0.717) is 0 Å². The minimum Gasteiger partial charge on any atom is -0.363 e. The van der Waals surface area contributed by atoms with Crippen LogP contribution in [0.5, 0.6) is 0 Å². The minimum atomic E-state index is -1.56. The van der Waals surface area contributed by atoms with Gasteiger partial charge in [-0.25, -0.2) is 17.6 Å². The SMILES string of the molecule is CN(C)C(=N)c1c(F)c(F)cc(F)c1F. The van der Waals surface area contributed by atoms with Crippen LogP contribution >= 0.6 is 0 Å². The highest BCUT2D eigenvalue weighted by Crippen LogP contribution is 2.20. The van der Waals surface area contributed by atoms with E-state index in [1.54, 1.807) is 0 Å². The summed E-state index contributed by atoms with van der Waals surface area (Å²) in [5.41, 5.74) is -1.00. The largest absolute Gasteiger partial charge is 0.363 e. The van der Waals surface area contributed by atoms with E-state index in [4.69, 9.17) is 5.41 Å². The lowest BCUT2D eigenvalue weighted by Gasteiger charge is -2.15. The number of nitrogens with one attached hydrogen (secondary N) is 1. The van der Waals surface area contributed by atoms with Crippen LogP contribution in [0.4, 0.5) is 17.6 Å². The lowest BCUT2D eigenvalue weighted by molar-refractivity contribution is 0.447. The van der Waals surface area contributed by atoms with Crippen molar-refractivity contribution < 1.29 is 17.6 Å². The monoisotopic (exact) mass is 220 g/mol. The van der Waals surface area contributed by atoms with Crippen LogP contribution in [-0.4, -0.2) is 24.8 Å². The molecule has 0 saturated heterocycles. The number of nitrogens with zero attached hydrogens (tertiary/aromatic N) is 1. The molecule has 0 aromatic heterocycles. The highest BCUT2D eigenvalue weighted by atomic mass is 19.2. The summed E-state index contributed by atoms with van der Waals surface area (Å²) in [4.78, 5) is 1.04. The van der Waals surface area contributed by atoms with Crippen molar-refractivity contribution in [3.05, 3.63) is 34.9 Å². The third-order valence-electron chi connectivity index (χ3n) is 1.80. The van der Waals surface area contributed by atoms with Gasteiger partial charge in [-0.05, 0) is 0 Å². The lowest BCUT2D eigenvalue weighted by atomic mass is 10.1. The highest BCUT2D eigenvalue weighted by molar-refractivity contribution is 5.96. The van der Waals surface area contributed by atoms with E-state index in [1.807, 2.05) is 0 Å². The summed E-state index contributed by atoms with van der Waals surface area (Å²) in [6.07, 6.45) is 0. The summed E-state index contributed by atoms with van der Waals surface area (Å²) in [5, 5.41) is 7.27. The standard InChI is InChI=1S/C9H8F4N2/c1-15(2)9(14)6-7(12)4(10)3-5(11)8(6)13/h3,14H,1-2H3. The number of amidine groups is 1. The van der Waals surface area contributed by atoms with E-state index < -0.39 is 34.7 Å². The Balaban J connectivity index is 3.46. The second-order valence-electron chi connectivity index (χ2n) is 3.09. The molecule has 0 aliphatic heterocycles. The summed E-state index contributed by atoms with van der Waals surface area (Å²) in [6, 6.07) is 0.108. The number of rotatable bonds is 1. The number of hydrogen-bond acceptors (Lipinski definition) is 1. The van der Waals surface area contributed by atoms with Gasteiger partial charge in [0.05, 0.1) is 5.56 Å². The van der Waals surface area contributed by atoms with Crippen LogP contribution in [0.25, 0.3) is 0 Å². The second-order valence-corrected chi connectivity index (χ2v) is 3.09. The van der Waals surface area contributed by atoms with Crippen LogP contribution < -0.4 is 0 Å². The van der Waals surface area contributed by atoms with E-state index in [9.17, 15) is 17.6 Å². The summed E-state index contributed by atoms with van der Waals surface area (Å²) < 4.78 is 51.7. The first kappa shape index (κ1) is 11.5. The quantitative estimate of drug-likeness (QED) is 0.334. The van der Waals surface area contributed by atoms with Crippen molar-refractivity contribution in [2.75, 3.05) is 14.1 Å². The first-order valence-electron chi connectivity index (χ1n) is 3.95. The van der Waals surface area contributed by atoms with E-state index in [-0.39, 0.29) is 6.07 Å². The lowest BCUT2D eigenvalue weighted by Crippen LogP contribution is -2.25. The maximum Gasteiger partial charge on any atom is 0.172 e. The number of hydrogen-bond donors (Lipinski definition) is 1. The fourth-order valence-electron chi connectivity index (χ4n) is 1.00. The molecular formula is C9H8F4N2. The first-order chi connectivity index (χ1) is 6.86. The van der Waals surface area contributed by atoms with Gasteiger partial charge < -0.3 is 4.90 Å². The Morgan fingerprint density at radius 1 is 1.07 bits per heavy atom. The molecule has 2 nitrogen and oxygen atoms in total. The Bertz CT molecular complexity index is 389. The third-order valence-corrected chi connectivity index (χ3v) is 1.80. The Kier molecular flexibility index (Phi) is 2.97. The van der Waals surface area contributed by atoms with Crippen molar-refractivity contribution in [3.63, 3.8) is 0 Å². The van der Waals surface area contributed by atoms with E-state index in [2.05, 4.69) is 0 Å². The molecule has 0 amide bonds.